The molecule has 1 heterocycles. The summed E-state index contributed by atoms with van der Waals surface area (Å²) < 4.78 is 43.1. The standard InChI is InChI=1S/C34H43F2N3O3/c1-6-39(34(36)17-10-9-11-29(24(34)5)38-33(40)27-16-18-37-23(4)19-27)22-25-20-30(41-7-2)32(31(21-25)42-8-3)26-12-14-28(35)15-13-26/h12-16,18-21,24,29H,6-11,17,22H2,1-5H3,(H,38,40)/t24?,29?,34-/m1/s1. The average Bonchev–Trinajstić information content (AvgIpc) is 3.11. The van der Waals surface area contributed by atoms with Crippen LogP contribution in [0.4, 0.5) is 8.78 Å². The molecule has 1 saturated carbocycles. The van der Waals surface area contributed by atoms with Crippen molar-refractivity contribution in [2.75, 3.05) is 19.8 Å². The van der Waals surface area contributed by atoms with E-state index in [9.17, 15) is 9.18 Å². The van der Waals surface area contributed by atoms with E-state index in [-0.39, 0.29) is 17.8 Å². The molecule has 1 amide bonds. The highest BCUT2D eigenvalue weighted by Gasteiger charge is 2.46. The Morgan fingerprint density at radius 1 is 1.05 bits per heavy atom. The molecule has 3 atom stereocenters. The van der Waals surface area contributed by atoms with Crippen LogP contribution in [0.1, 0.15) is 75.0 Å². The van der Waals surface area contributed by atoms with E-state index in [1.54, 1.807) is 30.5 Å². The third-order valence-corrected chi connectivity index (χ3v) is 8.21. The van der Waals surface area contributed by atoms with Crippen molar-refractivity contribution in [3.8, 4) is 22.6 Å². The van der Waals surface area contributed by atoms with Gasteiger partial charge in [0, 0.05) is 36.0 Å². The SMILES string of the molecule is CCOc1cc(CN(CC)[C@]2(F)CCCCC(NC(=O)c3ccnc(C)c3)C2C)cc(OCC)c1-c1ccc(F)cc1. The number of carbonyl (C=O) groups is 1. The van der Waals surface area contributed by atoms with Gasteiger partial charge in [0.15, 0.2) is 5.79 Å². The largest absolute Gasteiger partial charge is 0.493 e. The predicted molar refractivity (Wildman–Crippen MR) is 162 cm³/mol. The molecule has 42 heavy (non-hydrogen) atoms. The number of ether oxygens (including phenoxy) is 2. The minimum absolute atomic E-state index is 0.205. The van der Waals surface area contributed by atoms with Gasteiger partial charge in [0.25, 0.3) is 5.91 Å². The van der Waals surface area contributed by atoms with Crippen LogP contribution >= 0.6 is 0 Å². The molecule has 0 bridgehead atoms. The summed E-state index contributed by atoms with van der Waals surface area (Å²) in [5.41, 5.74) is 3.68. The Morgan fingerprint density at radius 2 is 1.71 bits per heavy atom. The molecule has 1 aliphatic carbocycles. The summed E-state index contributed by atoms with van der Waals surface area (Å²) >= 11 is 0. The van der Waals surface area contributed by atoms with Crippen molar-refractivity contribution in [3.05, 3.63) is 77.4 Å². The lowest BCUT2D eigenvalue weighted by Gasteiger charge is -2.43. The minimum atomic E-state index is -1.63. The molecule has 2 aromatic carbocycles. The van der Waals surface area contributed by atoms with E-state index in [0.717, 1.165) is 41.6 Å². The Labute approximate surface area is 248 Å². The molecule has 0 spiro atoms. The van der Waals surface area contributed by atoms with Crippen molar-refractivity contribution >= 4 is 5.91 Å². The van der Waals surface area contributed by atoms with Gasteiger partial charge in [-0.3, -0.25) is 14.7 Å². The van der Waals surface area contributed by atoms with Crippen LogP contribution in [-0.4, -0.2) is 47.4 Å². The number of aromatic nitrogens is 1. The highest BCUT2D eigenvalue weighted by atomic mass is 19.1. The number of carbonyl (C=O) groups excluding carboxylic acids is 1. The number of rotatable bonds is 11. The van der Waals surface area contributed by atoms with Crippen LogP contribution in [0.15, 0.2) is 54.7 Å². The van der Waals surface area contributed by atoms with Crippen LogP contribution in [0.5, 0.6) is 11.5 Å². The summed E-state index contributed by atoms with van der Waals surface area (Å²) in [6.07, 6.45) is 4.29. The maximum absolute atomic E-state index is 17.3. The number of amides is 1. The number of hydrogen-bond acceptors (Lipinski definition) is 5. The van der Waals surface area contributed by atoms with E-state index in [1.165, 1.54) is 12.1 Å². The third-order valence-electron chi connectivity index (χ3n) is 8.21. The highest BCUT2D eigenvalue weighted by Crippen LogP contribution is 2.43. The molecule has 6 nitrogen and oxygen atoms in total. The molecule has 4 rings (SSSR count). The molecule has 1 aliphatic rings. The minimum Gasteiger partial charge on any atom is -0.493 e. The van der Waals surface area contributed by atoms with Gasteiger partial charge in [-0.2, -0.15) is 0 Å². The van der Waals surface area contributed by atoms with E-state index in [4.69, 9.17) is 9.47 Å². The first-order chi connectivity index (χ1) is 20.2. The van der Waals surface area contributed by atoms with Gasteiger partial charge in [0.2, 0.25) is 0 Å². The van der Waals surface area contributed by atoms with Gasteiger partial charge in [0.1, 0.15) is 17.3 Å². The van der Waals surface area contributed by atoms with Crippen molar-refractivity contribution in [2.45, 2.75) is 78.7 Å². The maximum atomic E-state index is 17.3. The Morgan fingerprint density at radius 3 is 2.31 bits per heavy atom. The van der Waals surface area contributed by atoms with Crippen molar-refractivity contribution < 1.29 is 23.0 Å². The van der Waals surface area contributed by atoms with E-state index < -0.39 is 11.7 Å². The summed E-state index contributed by atoms with van der Waals surface area (Å²) in [5.74, 6) is -1.38. The van der Waals surface area contributed by atoms with Crippen molar-refractivity contribution in [3.63, 3.8) is 0 Å². The fraction of sp³-hybridized carbons (Fsp3) is 0.471. The molecule has 226 valence electrons. The molecular weight excluding hydrogens is 536 g/mol. The van der Waals surface area contributed by atoms with Crippen LogP contribution in [0.2, 0.25) is 0 Å². The number of aryl methyl sites for hydroxylation is 1. The maximum Gasteiger partial charge on any atom is 0.251 e. The van der Waals surface area contributed by atoms with Gasteiger partial charge in [-0.1, -0.05) is 32.4 Å². The van der Waals surface area contributed by atoms with Gasteiger partial charge >= 0.3 is 0 Å². The summed E-state index contributed by atoms with van der Waals surface area (Å²) in [7, 11) is 0. The summed E-state index contributed by atoms with van der Waals surface area (Å²) in [5, 5.41) is 3.13. The fourth-order valence-electron chi connectivity index (χ4n) is 6.01. The normalized spacial score (nSPS) is 20.7. The molecule has 2 unspecified atom stereocenters. The summed E-state index contributed by atoms with van der Waals surface area (Å²) in [4.78, 5) is 19.2. The number of alkyl halides is 1. The van der Waals surface area contributed by atoms with E-state index in [1.807, 2.05) is 51.7 Å². The lowest BCUT2D eigenvalue weighted by atomic mass is 9.87. The van der Waals surface area contributed by atoms with Crippen LogP contribution in [0.3, 0.4) is 0 Å². The third kappa shape index (κ3) is 7.09. The quantitative estimate of drug-likeness (QED) is 0.188. The van der Waals surface area contributed by atoms with Gasteiger partial charge in [0.05, 0.1) is 18.8 Å². The summed E-state index contributed by atoms with van der Waals surface area (Å²) in [6.45, 7) is 11.2. The van der Waals surface area contributed by atoms with Gasteiger partial charge < -0.3 is 14.8 Å². The van der Waals surface area contributed by atoms with Crippen LogP contribution in [0.25, 0.3) is 11.1 Å². The van der Waals surface area contributed by atoms with E-state index in [0.29, 0.717) is 49.8 Å². The Kier molecular flexibility index (Phi) is 10.5. The number of hydrogen-bond donors (Lipinski definition) is 1. The van der Waals surface area contributed by atoms with Gasteiger partial charge in [-0.25, -0.2) is 8.78 Å². The first-order valence-electron chi connectivity index (χ1n) is 15.1. The first kappa shape index (κ1) is 31.4. The lowest BCUT2D eigenvalue weighted by molar-refractivity contribution is -0.0919. The van der Waals surface area contributed by atoms with Crippen LogP contribution < -0.4 is 14.8 Å². The van der Waals surface area contributed by atoms with Crippen LogP contribution in [0, 0.1) is 18.7 Å². The molecule has 1 N–H and O–H groups in total. The Balaban J connectivity index is 1.64. The fourth-order valence-corrected chi connectivity index (χ4v) is 6.01. The molecular formula is C34H43F2N3O3. The molecule has 0 saturated heterocycles. The van der Waals surface area contributed by atoms with Crippen molar-refractivity contribution in [2.24, 2.45) is 5.92 Å². The second-order valence-electron chi connectivity index (χ2n) is 11.0. The summed E-state index contributed by atoms with van der Waals surface area (Å²) in [6, 6.07) is 13.2. The Bertz CT molecular complexity index is 1320. The number of benzene rings is 2. The number of pyridine rings is 1. The van der Waals surface area contributed by atoms with Gasteiger partial charge in [-0.05, 0) is 94.1 Å². The average molecular weight is 580 g/mol. The zero-order valence-corrected chi connectivity index (χ0v) is 25.4. The van der Waals surface area contributed by atoms with E-state index >= 15 is 4.39 Å². The topological polar surface area (TPSA) is 63.7 Å². The number of halogens is 2. The van der Waals surface area contributed by atoms with Crippen molar-refractivity contribution in [1.29, 1.82) is 0 Å². The van der Waals surface area contributed by atoms with Crippen molar-refractivity contribution in [1.82, 2.24) is 15.2 Å². The molecule has 1 fully saturated rings. The number of nitrogens with one attached hydrogen (secondary N) is 1. The zero-order valence-electron chi connectivity index (χ0n) is 25.4. The van der Waals surface area contributed by atoms with Crippen LogP contribution in [-0.2, 0) is 6.54 Å². The number of nitrogens with zero attached hydrogens (tertiary/aromatic N) is 2. The van der Waals surface area contributed by atoms with Gasteiger partial charge in [-0.15, -0.1) is 0 Å². The lowest BCUT2D eigenvalue weighted by Crippen LogP contribution is -2.55. The molecule has 1 aromatic heterocycles. The molecule has 8 heteroatoms. The molecule has 0 aliphatic heterocycles. The second-order valence-corrected chi connectivity index (χ2v) is 11.0. The first-order valence-corrected chi connectivity index (χ1v) is 15.1. The Hall–Kier alpha value is -3.52. The van der Waals surface area contributed by atoms with E-state index in [2.05, 4.69) is 10.3 Å². The molecule has 0 radical (unpaired) electrons. The second kappa shape index (κ2) is 14.1. The monoisotopic (exact) mass is 579 g/mol. The molecule has 3 aromatic rings. The highest BCUT2D eigenvalue weighted by molar-refractivity contribution is 5.94. The smallest absolute Gasteiger partial charge is 0.251 e. The predicted octanol–water partition coefficient (Wildman–Crippen LogP) is 7.49. The zero-order chi connectivity index (χ0) is 30.3.